The predicted octanol–water partition coefficient (Wildman–Crippen LogP) is 2.32. The zero-order chi connectivity index (χ0) is 18.7. The van der Waals surface area contributed by atoms with Crippen molar-refractivity contribution in [2.45, 2.75) is 52.1 Å². The van der Waals surface area contributed by atoms with Crippen LogP contribution in [-0.2, 0) is 5.54 Å². The first-order valence-corrected chi connectivity index (χ1v) is 9.27. The van der Waals surface area contributed by atoms with Crippen LogP contribution < -0.4 is 0 Å². The summed E-state index contributed by atoms with van der Waals surface area (Å²) in [7, 11) is 0. The smallest absolute Gasteiger partial charge is 0.289 e. The number of rotatable bonds is 5. The number of nitrogens with zero attached hydrogens (tertiary/aromatic N) is 6. The van der Waals surface area contributed by atoms with Crippen molar-refractivity contribution in [1.29, 1.82) is 0 Å². The van der Waals surface area contributed by atoms with E-state index < -0.39 is 0 Å². The van der Waals surface area contributed by atoms with Crippen molar-refractivity contribution in [2.24, 2.45) is 0 Å². The molecule has 1 atom stereocenters. The highest BCUT2D eigenvalue weighted by Gasteiger charge is 2.32. The van der Waals surface area contributed by atoms with E-state index in [4.69, 9.17) is 4.42 Å². The summed E-state index contributed by atoms with van der Waals surface area (Å²) in [6.45, 7) is 11.5. The molecule has 1 unspecified atom stereocenters. The fraction of sp³-hybridized carbons (Fsp3) is 0.667. The van der Waals surface area contributed by atoms with E-state index in [-0.39, 0.29) is 17.5 Å². The molecule has 0 N–H and O–H groups in total. The Morgan fingerprint density at radius 2 is 2.00 bits per heavy atom. The van der Waals surface area contributed by atoms with E-state index in [1.807, 2.05) is 9.58 Å². The average Bonchev–Trinajstić information content (AvgIpc) is 3.30. The van der Waals surface area contributed by atoms with Crippen LogP contribution in [0.25, 0.3) is 0 Å². The van der Waals surface area contributed by atoms with Crippen LogP contribution >= 0.6 is 0 Å². The monoisotopic (exact) mass is 360 g/mol. The molecule has 8 heteroatoms. The number of hydrogen-bond acceptors (Lipinski definition) is 6. The molecule has 26 heavy (non-hydrogen) atoms. The van der Waals surface area contributed by atoms with Gasteiger partial charge in [-0.1, -0.05) is 13.3 Å². The molecule has 1 amide bonds. The number of carbonyl (C=O) groups is 1. The first kappa shape index (κ1) is 18.6. The van der Waals surface area contributed by atoms with Gasteiger partial charge in [0.1, 0.15) is 0 Å². The van der Waals surface area contributed by atoms with Gasteiger partial charge in [-0.25, -0.2) is 4.68 Å². The van der Waals surface area contributed by atoms with E-state index in [9.17, 15) is 4.79 Å². The predicted molar refractivity (Wildman–Crippen MR) is 96.6 cm³/mol. The minimum atomic E-state index is -0.165. The van der Waals surface area contributed by atoms with Crippen molar-refractivity contribution >= 4 is 5.91 Å². The summed E-state index contributed by atoms with van der Waals surface area (Å²) in [5.74, 6) is 1.27. The molecule has 1 aliphatic rings. The minimum Gasteiger partial charge on any atom is -0.459 e. The van der Waals surface area contributed by atoms with Crippen molar-refractivity contribution in [3.8, 4) is 0 Å². The van der Waals surface area contributed by atoms with Crippen LogP contribution in [0.1, 0.15) is 63.0 Å². The Labute approximate surface area is 154 Å². The number of hydrogen-bond donors (Lipinski definition) is 0. The van der Waals surface area contributed by atoms with Gasteiger partial charge in [-0.3, -0.25) is 9.69 Å². The summed E-state index contributed by atoms with van der Waals surface area (Å²) in [6, 6.07) is 3.62. The van der Waals surface area contributed by atoms with E-state index in [0.717, 1.165) is 31.8 Å². The van der Waals surface area contributed by atoms with Crippen LogP contribution in [0, 0.1) is 0 Å². The summed E-state index contributed by atoms with van der Waals surface area (Å²) >= 11 is 0. The second-order valence-corrected chi connectivity index (χ2v) is 7.73. The molecule has 1 aliphatic heterocycles. The summed E-state index contributed by atoms with van der Waals surface area (Å²) in [6.07, 6.45) is 3.57. The molecule has 1 fully saturated rings. The van der Waals surface area contributed by atoms with Gasteiger partial charge >= 0.3 is 0 Å². The lowest BCUT2D eigenvalue weighted by Gasteiger charge is -2.39. The lowest BCUT2D eigenvalue weighted by atomic mass is 10.0. The molecule has 3 heterocycles. The van der Waals surface area contributed by atoms with Gasteiger partial charge in [0.25, 0.3) is 5.91 Å². The Morgan fingerprint density at radius 3 is 2.58 bits per heavy atom. The van der Waals surface area contributed by atoms with Gasteiger partial charge in [0.05, 0.1) is 17.8 Å². The summed E-state index contributed by atoms with van der Waals surface area (Å²) in [5, 5.41) is 12.5. The number of furan rings is 1. The van der Waals surface area contributed by atoms with Crippen LogP contribution in [0.5, 0.6) is 0 Å². The maximum atomic E-state index is 12.5. The zero-order valence-electron chi connectivity index (χ0n) is 16.1. The van der Waals surface area contributed by atoms with E-state index in [1.54, 1.807) is 12.1 Å². The van der Waals surface area contributed by atoms with Crippen LogP contribution in [0.2, 0.25) is 0 Å². The highest BCUT2D eigenvalue weighted by atomic mass is 16.3. The quantitative estimate of drug-likeness (QED) is 0.814. The molecule has 142 valence electrons. The third-order valence-electron chi connectivity index (χ3n) is 4.76. The van der Waals surface area contributed by atoms with Gasteiger partial charge in [-0.15, -0.1) is 5.10 Å². The molecule has 0 aliphatic carbocycles. The number of aromatic nitrogens is 4. The SMILES string of the molecule is CCCC(c1nnnn1C(C)(C)C)N1CCN(C(=O)c2ccco2)CC1. The third-order valence-corrected chi connectivity index (χ3v) is 4.76. The molecule has 2 aromatic rings. The van der Waals surface area contributed by atoms with Gasteiger partial charge in [-0.05, 0) is 49.8 Å². The molecule has 1 saturated heterocycles. The number of tetrazole rings is 1. The fourth-order valence-electron chi connectivity index (χ4n) is 3.42. The number of amides is 1. The Kier molecular flexibility index (Phi) is 5.41. The van der Waals surface area contributed by atoms with E-state index in [2.05, 4.69) is 48.1 Å². The molecule has 0 radical (unpaired) electrons. The Morgan fingerprint density at radius 1 is 1.27 bits per heavy atom. The van der Waals surface area contributed by atoms with Crippen LogP contribution in [0.15, 0.2) is 22.8 Å². The van der Waals surface area contributed by atoms with Crippen molar-refractivity contribution < 1.29 is 9.21 Å². The topological polar surface area (TPSA) is 80.3 Å². The molecule has 3 rings (SSSR count). The summed E-state index contributed by atoms with van der Waals surface area (Å²) in [5.41, 5.74) is -0.165. The Balaban J connectivity index is 1.71. The third kappa shape index (κ3) is 3.80. The van der Waals surface area contributed by atoms with Crippen LogP contribution in [0.4, 0.5) is 0 Å². The molecular weight excluding hydrogens is 332 g/mol. The standard InChI is InChI=1S/C18H28N6O2/c1-5-7-14(16-19-20-21-24(16)18(2,3)4)22-9-11-23(12-10-22)17(25)15-8-6-13-26-15/h6,8,13-14H,5,7,9-12H2,1-4H3. The molecular formula is C18H28N6O2. The molecule has 8 nitrogen and oxygen atoms in total. The van der Waals surface area contributed by atoms with Gasteiger partial charge in [0.2, 0.25) is 0 Å². The lowest BCUT2D eigenvalue weighted by molar-refractivity contribution is 0.0509. The first-order chi connectivity index (χ1) is 12.4. The highest BCUT2D eigenvalue weighted by Crippen LogP contribution is 2.28. The van der Waals surface area contributed by atoms with E-state index in [0.29, 0.717) is 18.8 Å². The van der Waals surface area contributed by atoms with Crippen molar-refractivity contribution in [2.75, 3.05) is 26.2 Å². The summed E-state index contributed by atoms with van der Waals surface area (Å²) in [4.78, 5) is 16.7. The van der Waals surface area contributed by atoms with Crippen molar-refractivity contribution in [3.05, 3.63) is 30.0 Å². The normalized spacial score (nSPS) is 17.5. The molecule has 0 aromatic carbocycles. The second kappa shape index (κ2) is 7.57. The lowest BCUT2D eigenvalue weighted by Crippen LogP contribution is -2.50. The maximum absolute atomic E-state index is 12.5. The van der Waals surface area contributed by atoms with Crippen molar-refractivity contribution in [3.63, 3.8) is 0 Å². The van der Waals surface area contributed by atoms with Gasteiger partial charge in [-0.2, -0.15) is 0 Å². The fourth-order valence-corrected chi connectivity index (χ4v) is 3.42. The molecule has 0 saturated carbocycles. The average molecular weight is 360 g/mol. The largest absolute Gasteiger partial charge is 0.459 e. The zero-order valence-corrected chi connectivity index (χ0v) is 16.1. The van der Waals surface area contributed by atoms with Gasteiger partial charge < -0.3 is 9.32 Å². The van der Waals surface area contributed by atoms with Crippen molar-refractivity contribution in [1.82, 2.24) is 30.0 Å². The van der Waals surface area contributed by atoms with Crippen LogP contribution in [-0.4, -0.2) is 62.1 Å². The van der Waals surface area contributed by atoms with Gasteiger partial charge in [0, 0.05) is 26.2 Å². The van der Waals surface area contributed by atoms with Crippen LogP contribution in [0.3, 0.4) is 0 Å². The van der Waals surface area contributed by atoms with Gasteiger partial charge in [0.15, 0.2) is 11.6 Å². The minimum absolute atomic E-state index is 0.0405. The Bertz CT molecular complexity index is 710. The maximum Gasteiger partial charge on any atom is 0.289 e. The highest BCUT2D eigenvalue weighted by molar-refractivity contribution is 5.91. The van der Waals surface area contributed by atoms with E-state index >= 15 is 0 Å². The number of carbonyl (C=O) groups excluding carboxylic acids is 1. The molecule has 0 bridgehead atoms. The number of piperazine rings is 1. The summed E-state index contributed by atoms with van der Waals surface area (Å²) < 4.78 is 7.16. The first-order valence-electron chi connectivity index (χ1n) is 9.27. The van der Waals surface area contributed by atoms with E-state index in [1.165, 1.54) is 6.26 Å². The molecule has 2 aromatic heterocycles. The Hall–Kier alpha value is -2.22. The second-order valence-electron chi connectivity index (χ2n) is 7.73. The molecule has 0 spiro atoms.